The van der Waals surface area contributed by atoms with Crippen molar-refractivity contribution in [3.05, 3.63) is 52.1 Å². The number of aromatic amines is 1. The molecule has 2 N–H and O–H groups in total. The minimum Gasteiger partial charge on any atom is -0.351 e. The molecule has 2 rings (SSSR count). The third kappa shape index (κ3) is 4.32. The minimum absolute atomic E-state index is 0.189. The molecule has 122 valence electrons. The molecule has 2 aromatic rings. The van der Waals surface area contributed by atoms with Crippen LogP contribution >= 0.6 is 12.2 Å². The van der Waals surface area contributed by atoms with Crippen LogP contribution in [-0.4, -0.2) is 27.2 Å². The number of nitrogens with zero attached hydrogens (tertiary/aromatic N) is 2. The van der Waals surface area contributed by atoms with Crippen LogP contribution in [0.25, 0.3) is 5.57 Å². The zero-order valence-corrected chi connectivity index (χ0v) is 13.5. The summed E-state index contributed by atoms with van der Waals surface area (Å²) in [5.41, 5.74) is 0.602. The maximum absolute atomic E-state index is 13.6. The van der Waals surface area contributed by atoms with E-state index in [2.05, 4.69) is 15.5 Å². The maximum Gasteiger partial charge on any atom is 0.244 e. The van der Waals surface area contributed by atoms with Gasteiger partial charge in [-0.05, 0) is 43.8 Å². The Kier molecular flexibility index (Phi) is 5.38. The van der Waals surface area contributed by atoms with E-state index in [4.69, 9.17) is 12.2 Å². The van der Waals surface area contributed by atoms with Gasteiger partial charge in [-0.2, -0.15) is 5.10 Å². The number of amides is 1. The predicted molar refractivity (Wildman–Crippen MR) is 85.2 cm³/mol. The summed E-state index contributed by atoms with van der Waals surface area (Å²) in [7, 11) is 0. The second kappa shape index (κ2) is 7.28. The summed E-state index contributed by atoms with van der Waals surface area (Å²) in [4.78, 5) is 11.9. The van der Waals surface area contributed by atoms with Crippen molar-refractivity contribution in [1.29, 1.82) is 0 Å². The number of carbonyl (C=O) groups excluding carboxylic acids is 1. The molecule has 23 heavy (non-hydrogen) atoms. The first-order valence-corrected chi connectivity index (χ1v) is 7.32. The smallest absolute Gasteiger partial charge is 0.244 e. The highest BCUT2D eigenvalue weighted by Crippen LogP contribution is 2.18. The van der Waals surface area contributed by atoms with Crippen LogP contribution in [0, 0.1) is 23.3 Å². The molecule has 1 heterocycles. The Balaban J connectivity index is 1.97. The number of carbonyl (C=O) groups is 1. The summed E-state index contributed by atoms with van der Waals surface area (Å²) in [6.45, 7) is 4.22. The number of rotatable bonds is 5. The Morgan fingerprint density at radius 1 is 1.48 bits per heavy atom. The van der Waals surface area contributed by atoms with E-state index in [0.717, 1.165) is 18.0 Å². The van der Waals surface area contributed by atoms with Crippen molar-refractivity contribution in [3.63, 3.8) is 0 Å². The standard InChI is InChI=1S/C15H16F2N4OS/c1-9(12-4-3-11(16)8-13(12)17)7-14(22)18-5-6-21-10(2)19-20-15(21)23/h3-4,7-8H,5-6H2,1-2H3,(H,18,22)(H,20,23)/b9-7-. The van der Waals surface area contributed by atoms with Gasteiger partial charge >= 0.3 is 0 Å². The first-order valence-electron chi connectivity index (χ1n) is 6.92. The molecule has 0 aliphatic carbocycles. The predicted octanol–water partition coefficient (Wildman–Crippen LogP) is 2.75. The first-order chi connectivity index (χ1) is 10.9. The van der Waals surface area contributed by atoms with Gasteiger partial charge in [-0.15, -0.1) is 0 Å². The molecule has 0 saturated carbocycles. The SMILES string of the molecule is C/C(=C/C(=O)NCCn1c(C)n[nH]c1=S)c1ccc(F)cc1F. The molecule has 0 aliphatic rings. The minimum atomic E-state index is -0.702. The van der Waals surface area contributed by atoms with E-state index in [1.54, 1.807) is 18.4 Å². The first kappa shape index (κ1) is 17.0. The van der Waals surface area contributed by atoms with Crippen molar-refractivity contribution >= 4 is 23.7 Å². The Bertz CT molecular complexity index is 810. The highest BCUT2D eigenvalue weighted by molar-refractivity contribution is 7.71. The second-order valence-electron chi connectivity index (χ2n) is 4.97. The van der Waals surface area contributed by atoms with Crippen molar-refractivity contribution in [2.45, 2.75) is 20.4 Å². The van der Waals surface area contributed by atoms with Crippen LogP contribution in [0.5, 0.6) is 0 Å². The quantitative estimate of drug-likeness (QED) is 0.651. The molecule has 0 spiro atoms. The van der Waals surface area contributed by atoms with Crippen LogP contribution in [0.2, 0.25) is 0 Å². The Morgan fingerprint density at radius 2 is 2.22 bits per heavy atom. The van der Waals surface area contributed by atoms with Gasteiger partial charge in [0.05, 0.1) is 0 Å². The van der Waals surface area contributed by atoms with E-state index in [-0.39, 0.29) is 11.5 Å². The molecular formula is C15H16F2N4OS. The average Bonchev–Trinajstić information content (AvgIpc) is 2.78. The van der Waals surface area contributed by atoms with Crippen molar-refractivity contribution in [2.75, 3.05) is 6.54 Å². The van der Waals surface area contributed by atoms with Gasteiger partial charge in [0.15, 0.2) is 4.77 Å². The average molecular weight is 338 g/mol. The van der Waals surface area contributed by atoms with Crippen LogP contribution in [0.15, 0.2) is 24.3 Å². The number of aryl methyl sites for hydroxylation is 1. The fraction of sp³-hybridized carbons (Fsp3) is 0.267. The van der Waals surface area contributed by atoms with Crippen molar-refractivity contribution in [1.82, 2.24) is 20.1 Å². The molecule has 0 bridgehead atoms. The topological polar surface area (TPSA) is 62.7 Å². The van der Waals surface area contributed by atoms with E-state index in [1.807, 2.05) is 0 Å². The van der Waals surface area contributed by atoms with Crippen LogP contribution in [-0.2, 0) is 11.3 Å². The van der Waals surface area contributed by atoms with Crippen LogP contribution in [0.4, 0.5) is 8.78 Å². The zero-order chi connectivity index (χ0) is 17.0. The molecule has 0 radical (unpaired) electrons. The number of hydrogen-bond donors (Lipinski definition) is 2. The molecule has 0 atom stereocenters. The van der Waals surface area contributed by atoms with Crippen molar-refractivity contribution in [2.24, 2.45) is 0 Å². The summed E-state index contributed by atoms with van der Waals surface area (Å²) in [6, 6.07) is 3.24. The fourth-order valence-corrected chi connectivity index (χ4v) is 2.35. The number of halogens is 2. The Labute approximate surface area is 137 Å². The second-order valence-corrected chi connectivity index (χ2v) is 5.36. The van der Waals surface area contributed by atoms with Crippen LogP contribution in [0.3, 0.4) is 0 Å². The molecule has 1 aromatic heterocycles. The van der Waals surface area contributed by atoms with Gasteiger partial charge in [0.1, 0.15) is 17.5 Å². The molecule has 0 aliphatic heterocycles. The van der Waals surface area contributed by atoms with Gasteiger partial charge in [-0.25, -0.2) is 8.78 Å². The maximum atomic E-state index is 13.6. The van der Waals surface area contributed by atoms with Crippen LogP contribution in [0.1, 0.15) is 18.3 Å². The van der Waals surface area contributed by atoms with E-state index < -0.39 is 11.6 Å². The Morgan fingerprint density at radius 3 is 2.83 bits per heavy atom. The third-order valence-electron chi connectivity index (χ3n) is 3.29. The number of hydrogen-bond acceptors (Lipinski definition) is 3. The van der Waals surface area contributed by atoms with Gasteiger partial charge in [-0.1, -0.05) is 0 Å². The lowest BCUT2D eigenvalue weighted by Crippen LogP contribution is -2.26. The number of nitrogens with one attached hydrogen (secondary N) is 2. The normalized spacial score (nSPS) is 11.6. The lowest BCUT2D eigenvalue weighted by atomic mass is 10.1. The molecule has 5 nitrogen and oxygen atoms in total. The van der Waals surface area contributed by atoms with Gasteiger partial charge in [0.25, 0.3) is 0 Å². The van der Waals surface area contributed by atoms with E-state index in [9.17, 15) is 13.6 Å². The monoisotopic (exact) mass is 338 g/mol. The lowest BCUT2D eigenvalue weighted by Gasteiger charge is -2.06. The molecule has 0 fully saturated rings. The van der Waals surface area contributed by atoms with Gasteiger partial charge < -0.3 is 9.88 Å². The molecule has 1 amide bonds. The van der Waals surface area contributed by atoms with Gasteiger partial charge in [0, 0.05) is 30.8 Å². The summed E-state index contributed by atoms with van der Waals surface area (Å²) < 4.78 is 28.8. The largest absolute Gasteiger partial charge is 0.351 e. The van der Waals surface area contributed by atoms with Gasteiger partial charge in [-0.3, -0.25) is 9.89 Å². The van der Waals surface area contributed by atoms with Crippen LogP contribution < -0.4 is 5.32 Å². The van der Waals surface area contributed by atoms with Crippen molar-refractivity contribution < 1.29 is 13.6 Å². The third-order valence-corrected chi connectivity index (χ3v) is 3.60. The fourth-order valence-electron chi connectivity index (χ4n) is 2.09. The summed E-state index contributed by atoms with van der Waals surface area (Å²) in [5, 5.41) is 9.31. The molecule has 0 saturated heterocycles. The van der Waals surface area contributed by atoms with Gasteiger partial charge in [0.2, 0.25) is 5.91 Å². The number of H-pyrrole nitrogens is 1. The number of aromatic nitrogens is 3. The Hall–Kier alpha value is -2.35. The summed E-state index contributed by atoms with van der Waals surface area (Å²) >= 11 is 5.06. The summed E-state index contributed by atoms with van der Waals surface area (Å²) in [5.74, 6) is -0.995. The number of allylic oxidation sites excluding steroid dienone is 1. The zero-order valence-electron chi connectivity index (χ0n) is 12.7. The number of benzene rings is 1. The summed E-state index contributed by atoms with van der Waals surface area (Å²) in [6.07, 6.45) is 1.28. The molecule has 0 unspecified atom stereocenters. The molecule has 8 heteroatoms. The lowest BCUT2D eigenvalue weighted by molar-refractivity contribution is -0.116. The van der Waals surface area contributed by atoms with E-state index in [1.165, 1.54) is 12.1 Å². The van der Waals surface area contributed by atoms with E-state index >= 15 is 0 Å². The highest BCUT2D eigenvalue weighted by Gasteiger charge is 2.07. The highest BCUT2D eigenvalue weighted by atomic mass is 32.1. The molecular weight excluding hydrogens is 322 g/mol. The molecule has 1 aromatic carbocycles. The van der Waals surface area contributed by atoms with Crippen molar-refractivity contribution in [3.8, 4) is 0 Å². The van der Waals surface area contributed by atoms with E-state index in [0.29, 0.717) is 23.4 Å².